The molecule has 0 atom stereocenters. The number of ketones is 1. The number of benzene rings is 1. The lowest BCUT2D eigenvalue weighted by Gasteiger charge is -2.28. The molecule has 0 aliphatic rings. The molecule has 0 saturated carbocycles. The van der Waals surface area contributed by atoms with Gasteiger partial charge in [0.15, 0.2) is 0 Å². The molecule has 18 heavy (non-hydrogen) atoms. The van der Waals surface area contributed by atoms with Gasteiger partial charge in [0.25, 0.3) is 0 Å². The summed E-state index contributed by atoms with van der Waals surface area (Å²) in [5, 5.41) is 0. The smallest absolute Gasteiger partial charge is 0.144 e. The molecule has 2 N–H and O–H groups in total. The van der Waals surface area contributed by atoms with Gasteiger partial charge in [-0.05, 0) is 32.3 Å². The minimum Gasteiger partial charge on any atom is -0.329 e. The van der Waals surface area contributed by atoms with Crippen LogP contribution >= 0.6 is 0 Å². The second-order valence-electron chi connectivity index (χ2n) is 5.29. The Morgan fingerprint density at radius 2 is 1.61 bits per heavy atom. The summed E-state index contributed by atoms with van der Waals surface area (Å²) in [4.78, 5) is 12.5. The molecule has 0 aliphatic carbocycles. The predicted octanol–water partition coefficient (Wildman–Crippen LogP) is 3.18. The lowest BCUT2D eigenvalue weighted by Crippen LogP contribution is -2.38. The van der Waals surface area contributed by atoms with Crippen LogP contribution < -0.4 is 5.73 Å². The summed E-state index contributed by atoms with van der Waals surface area (Å²) < 4.78 is 0. The standard InChI is InChI=1S/C16H25NO/c1-5-16(6-2,11-17)15(18)10-14-8-12(3)7-13(4)9-14/h7-9H,5-6,10-11,17H2,1-4H3. The minimum absolute atomic E-state index is 0.278. The van der Waals surface area contributed by atoms with Gasteiger partial charge >= 0.3 is 0 Å². The van der Waals surface area contributed by atoms with Crippen molar-refractivity contribution in [1.29, 1.82) is 0 Å². The molecule has 1 aromatic carbocycles. The number of aryl methyl sites for hydroxylation is 2. The molecule has 0 aliphatic heterocycles. The molecule has 0 spiro atoms. The van der Waals surface area contributed by atoms with Gasteiger partial charge in [-0.3, -0.25) is 4.79 Å². The van der Waals surface area contributed by atoms with Gasteiger partial charge in [-0.2, -0.15) is 0 Å². The molecule has 2 heteroatoms. The average molecular weight is 247 g/mol. The third-order valence-electron chi connectivity index (χ3n) is 3.98. The Morgan fingerprint density at radius 1 is 1.11 bits per heavy atom. The molecule has 0 fully saturated rings. The fraction of sp³-hybridized carbons (Fsp3) is 0.562. The van der Waals surface area contributed by atoms with Crippen LogP contribution in [0, 0.1) is 19.3 Å². The van der Waals surface area contributed by atoms with E-state index in [4.69, 9.17) is 5.73 Å². The number of hydrogen-bond donors (Lipinski definition) is 1. The van der Waals surface area contributed by atoms with Gasteiger partial charge < -0.3 is 5.73 Å². The number of Topliss-reactive ketones (excluding diaryl/α,β-unsaturated/α-hetero) is 1. The van der Waals surface area contributed by atoms with E-state index in [0.717, 1.165) is 18.4 Å². The van der Waals surface area contributed by atoms with E-state index in [9.17, 15) is 4.79 Å². The van der Waals surface area contributed by atoms with Crippen molar-refractivity contribution in [2.24, 2.45) is 11.1 Å². The molecule has 2 nitrogen and oxygen atoms in total. The average Bonchev–Trinajstić information content (AvgIpc) is 2.30. The summed E-state index contributed by atoms with van der Waals surface area (Å²) in [6.45, 7) is 8.68. The maximum atomic E-state index is 12.5. The third-order valence-corrected chi connectivity index (χ3v) is 3.98. The Hall–Kier alpha value is -1.15. The van der Waals surface area contributed by atoms with Gasteiger partial charge in [0.1, 0.15) is 5.78 Å². The van der Waals surface area contributed by atoms with Crippen LogP contribution in [-0.2, 0) is 11.2 Å². The van der Waals surface area contributed by atoms with Crippen LogP contribution in [0.3, 0.4) is 0 Å². The van der Waals surface area contributed by atoms with E-state index in [1.165, 1.54) is 11.1 Å². The zero-order valence-corrected chi connectivity index (χ0v) is 12.0. The monoisotopic (exact) mass is 247 g/mol. The van der Waals surface area contributed by atoms with E-state index in [2.05, 4.69) is 45.9 Å². The molecule has 100 valence electrons. The molecule has 0 unspecified atom stereocenters. The van der Waals surface area contributed by atoms with E-state index in [-0.39, 0.29) is 11.2 Å². The van der Waals surface area contributed by atoms with Crippen molar-refractivity contribution >= 4 is 5.78 Å². The molecular weight excluding hydrogens is 222 g/mol. The lowest BCUT2D eigenvalue weighted by molar-refractivity contribution is -0.128. The molecule has 0 heterocycles. The Labute approximate surface area is 111 Å². The summed E-state index contributed by atoms with van der Waals surface area (Å²) in [7, 11) is 0. The number of carbonyl (C=O) groups is 1. The zero-order valence-electron chi connectivity index (χ0n) is 12.0. The predicted molar refractivity (Wildman–Crippen MR) is 76.7 cm³/mol. The van der Waals surface area contributed by atoms with Gasteiger partial charge in [-0.15, -0.1) is 0 Å². The van der Waals surface area contributed by atoms with Crippen molar-refractivity contribution in [3.8, 4) is 0 Å². The third kappa shape index (κ3) is 3.20. The first-order valence-corrected chi connectivity index (χ1v) is 6.78. The van der Waals surface area contributed by atoms with Crippen molar-refractivity contribution in [3.05, 3.63) is 34.9 Å². The topological polar surface area (TPSA) is 43.1 Å². The fourth-order valence-electron chi connectivity index (χ4n) is 2.59. The molecule has 1 rings (SSSR count). The van der Waals surface area contributed by atoms with Crippen LogP contribution in [0.4, 0.5) is 0 Å². The van der Waals surface area contributed by atoms with Crippen molar-refractivity contribution in [1.82, 2.24) is 0 Å². The van der Waals surface area contributed by atoms with Gasteiger partial charge in [-0.1, -0.05) is 43.2 Å². The normalized spacial score (nSPS) is 11.6. The van der Waals surface area contributed by atoms with Crippen molar-refractivity contribution in [2.45, 2.75) is 47.0 Å². The minimum atomic E-state index is -0.336. The SMILES string of the molecule is CCC(CC)(CN)C(=O)Cc1cc(C)cc(C)c1. The lowest BCUT2D eigenvalue weighted by atomic mass is 9.76. The van der Waals surface area contributed by atoms with Crippen molar-refractivity contribution < 1.29 is 4.79 Å². The summed E-state index contributed by atoms with van der Waals surface area (Å²) in [5.74, 6) is 0.278. The van der Waals surface area contributed by atoms with E-state index in [1.807, 2.05) is 0 Å². The fourth-order valence-corrected chi connectivity index (χ4v) is 2.59. The van der Waals surface area contributed by atoms with Crippen molar-refractivity contribution in [2.75, 3.05) is 6.54 Å². The van der Waals surface area contributed by atoms with Crippen LogP contribution in [0.2, 0.25) is 0 Å². The molecule has 0 bridgehead atoms. The Morgan fingerprint density at radius 3 is 2.00 bits per heavy atom. The van der Waals surface area contributed by atoms with Crippen molar-refractivity contribution in [3.63, 3.8) is 0 Å². The Kier molecular flexibility index (Phi) is 5.09. The summed E-state index contributed by atoms with van der Waals surface area (Å²) in [5.41, 5.74) is 9.02. The van der Waals surface area contributed by atoms with Crippen LogP contribution in [0.25, 0.3) is 0 Å². The largest absolute Gasteiger partial charge is 0.329 e. The first-order chi connectivity index (χ1) is 8.47. The van der Waals surface area contributed by atoms with Gasteiger partial charge in [0.2, 0.25) is 0 Å². The van der Waals surface area contributed by atoms with E-state index >= 15 is 0 Å². The van der Waals surface area contributed by atoms with Gasteiger partial charge in [-0.25, -0.2) is 0 Å². The zero-order chi connectivity index (χ0) is 13.8. The first kappa shape index (κ1) is 14.9. The number of hydrogen-bond acceptors (Lipinski definition) is 2. The van der Waals surface area contributed by atoms with E-state index in [0.29, 0.717) is 13.0 Å². The molecule has 0 saturated heterocycles. The molecule has 0 radical (unpaired) electrons. The second kappa shape index (κ2) is 6.14. The molecule has 0 amide bonds. The van der Waals surface area contributed by atoms with Crippen LogP contribution in [0.5, 0.6) is 0 Å². The quantitative estimate of drug-likeness (QED) is 0.839. The van der Waals surface area contributed by atoms with Gasteiger partial charge in [0, 0.05) is 18.4 Å². The van der Waals surface area contributed by atoms with E-state index < -0.39 is 0 Å². The number of rotatable bonds is 6. The molecule has 0 aromatic heterocycles. The molecular formula is C16H25NO. The van der Waals surface area contributed by atoms with Crippen LogP contribution in [0.15, 0.2) is 18.2 Å². The Bertz CT molecular complexity index is 391. The highest BCUT2D eigenvalue weighted by molar-refractivity contribution is 5.87. The summed E-state index contributed by atoms with van der Waals surface area (Å²) in [6.07, 6.45) is 2.15. The summed E-state index contributed by atoms with van der Waals surface area (Å²) >= 11 is 0. The van der Waals surface area contributed by atoms with Gasteiger partial charge in [0.05, 0.1) is 0 Å². The number of nitrogens with two attached hydrogens (primary N) is 1. The second-order valence-corrected chi connectivity index (χ2v) is 5.29. The van der Waals surface area contributed by atoms with E-state index in [1.54, 1.807) is 0 Å². The number of carbonyl (C=O) groups excluding carboxylic acids is 1. The Balaban J connectivity index is 2.92. The first-order valence-electron chi connectivity index (χ1n) is 6.78. The van der Waals surface area contributed by atoms with Crippen LogP contribution in [-0.4, -0.2) is 12.3 Å². The van der Waals surface area contributed by atoms with Crippen LogP contribution in [0.1, 0.15) is 43.4 Å². The highest BCUT2D eigenvalue weighted by Crippen LogP contribution is 2.28. The summed E-state index contributed by atoms with van der Waals surface area (Å²) in [6, 6.07) is 6.32. The molecule has 1 aromatic rings. The maximum Gasteiger partial charge on any atom is 0.144 e. The maximum absolute atomic E-state index is 12.5. The highest BCUT2D eigenvalue weighted by Gasteiger charge is 2.32. The highest BCUT2D eigenvalue weighted by atomic mass is 16.1.